The number of anilines is 1. The first-order valence-electron chi connectivity index (χ1n) is 6.55. The van der Waals surface area contributed by atoms with Gasteiger partial charge in [-0.05, 0) is 29.2 Å². The minimum Gasteiger partial charge on any atom is -0.358 e. The number of amides is 1. The van der Waals surface area contributed by atoms with Gasteiger partial charge in [-0.2, -0.15) is 0 Å². The quantitative estimate of drug-likeness (QED) is 0.560. The first-order valence-corrected chi connectivity index (χ1v) is 6.55. The Morgan fingerprint density at radius 3 is 2.71 bits per heavy atom. The van der Waals surface area contributed by atoms with Crippen LogP contribution < -0.4 is 10.6 Å². The Balaban J connectivity index is 2.13. The van der Waals surface area contributed by atoms with Gasteiger partial charge >= 0.3 is 5.82 Å². The lowest BCUT2D eigenvalue weighted by Crippen LogP contribution is -2.17. The number of carbonyl (C=O) groups excluding carboxylic acids is 1. The number of hydrogen-bond acceptors (Lipinski definition) is 4. The molecule has 0 atom stereocenters. The van der Waals surface area contributed by atoms with Crippen molar-refractivity contribution in [1.29, 1.82) is 0 Å². The number of nitrogens with zero attached hydrogens (tertiary/aromatic N) is 1. The zero-order valence-corrected chi connectivity index (χ0v) is 11.6. The molecule has 2 aromatic rings. The van der Waals surface area contributed by atoms with Gasteiger partial charge in [0.2, 0.25) is 0 Å². The summed E-state index contributed by atoms with van der Waals surface area (Å²) in [7, 11) is 0. The molecule has 2 rings (SSSR count). The maximum atomic E-state index is 12.1. The summed E-state index contributed by atoms with van der Waals surface area (Å²) < 4.78 is 0. The van der Waals surface area contributed by atoms with E-state index in [9.17, 15) is 14.9 Å². The summed E-state index contributed by atoms with van der Waals surface area (Å²) in [6, 6.07) is 10.1. The van der Waals surface area contributed by atoms with Crippen molar-refractivity contribution in [2.24, 2.45) is 0 Å². The number of para-hydroxylation sites is 1. The summed E-state index contributed by atoms with van der Waals surface area (Å²) in [6.07, 6.45) is 0. The number of aromatic nitrogens is 1. The third-order valence-electron chi connectivity index (χ3n) is 2.94. The molecule has 1 amide bonds. The zero-order valence-electron chi connectivity index (χ0n) is 11.6. The third kappa shape index (κ3) is 3.67. The number of aromatic amines is 1. The Bertz CT molecular complexity index is 651. The number of benzene rings is 1. The van der Waals surface area contributed by atoms with E-state index in [1.54, 1.807) is 6.07 Å². The van der Waals surface area contributed by atoms with Gasteiger partial charge in [0.05, 0.1) is 0 Å². The first-order chi connectivity index (χ1) is 10.1. The standard InChI is InChI=1S/C14H16N4O3/c1-2-15-9-10-5-3-4-6-11(10)17-14(19)12-7-8-13(16-12)18(20)21/h3-8,15-16H,2,9H2,1H3,(H,17,19). The Labute approximate surface area is 121 Å². The molecule has 3 N–H and O–H groups in total. The second-order valence-corrected chi connectivity index (χ2v) is 4.41. The fraction of sp³-hybridized carbons (Fsp3) is 0.214. The lowest BCUT2D eigenvalue weighted by molar-refractivity contribution is -0.389. The second-order valence-electron chi connectivity index (χ2n) is 4.41. The number of hydrogen-bond donors (Lipinski definition) is 3. The van der Waals surface area contributed by atoms with Crippen LogP contribution in [0.5, 0.6) is 0 Å². The third-order valence-corrected chi connectivity index (χ3v) is 2.94. The molecule has 1 aromatic carbocycles. The SMILES string of the molecule is CCNCc1ccccc1NC(=O)c1ccc([N+](=O)[O-])[nH]1. The zero-order chi connectivity index (χ0) is 15.2. The molecule has 110 valence electrons. The summed E-state index contributed by atoms with van der Waals surface area (Å²) in [5.74, 6) is -0.617. The predicted molar refractivity (Wildman–Crippen MR) is 79.2 cm³/mol. The summed E-state index contributed by atoms with van der Waals surface area (Å²) in [5.41, 5.74) is 1.79. The van der Waals surface area contributed by atoms with Crippen molar-refractivity contribution in [2.75, 3.05) is 11.9 Å². The first kappa shape index (κ1) is 14.7. The van der Waals surface area contributed by atoms with Crippen LogP contribution in [0.25, 0.3) is 0 Å². The van der Waals surface area contributed by atoms with E-state index in [1.807, 2.05) is 25.1 Å². The molecule has 0 fully saturated rings. The molecule has 0 saturated carbocycles. The van der Waals surface area contributed by atoms with Gasteiger partial charge in [-0.25, -0.2) is 4.98 Å². The van der Waals surface area contributed by atoms with Crippen LogP contribution >= 0.6 is 0 Å². The molecule has 1 aromatic heterocycles. The van der Waals surface area contributed by atoms with Crippen LogP contribution in [0.15, 0.2) is 36.4 Å². The lowest BCUT2D eigenvalue weighted by atomic mass is 10.1. The maximum absolute atomic E-state index is 12.1. The Morgan fingerprint density at radius 1 is 1.29 bits per heavy atom. The highest BCUT2D eigenvalue weighted by Gasteiger charge is 2.16. The molecular weight excluding hydrogens is 272 g/mol. The van der Waals surface area contributed by atoms with E-state index in [1.165, 1.54) is 12.1 Å². The number of nitro groups is 1. The molecule has 0 radical (unpaired) electrons. The Kier molecular flexibility index (Phi) is 4.68. The van der Waals surface area contributed by atoms with Gasteiger partial charge < -0.3 is 20.7 Å². The van der Waals surface area contributed by atoms with Crippen LogP contribution in [0.4, 0.5) is 11.5 Å². The van der Waals surface area contributed by atoms with Gasteiger partial charge in [0.15, 0.2) is 5.69 Å². The normalized spacial score (nSPS) is 10.3. The fourth-order valence-electron chi connectivity index (χ4n) is 1.87. The minimum absolute atomic E-state index is 0.153. The van der Waals surface area contributed by atoms with E-state index in [-0.39, 0.29) is 11.5 Å². The van der Waals surface area contributed by atoms with E-state index in [0.29, 0.717) is 12.2 Å². The molecule has 0 aliphatic rings. The molecule has 0 unspecified atom stereocenters. The van der Waals surface area contributed by atoms with Crippen molar-refractivity contribution in [2.45, 2.75) is 13.5 Å². The predicted octanol–water partition coefficient (Wildman–Crippen LogP) is 2.28. The van der Waals surface area contributed by atoms with Gasteiger partial charge in [-0.15, -0.1) is 0 Å². The monoisotopic (exact) mass is 288 g/mol. The van der Waals surface area contributed by atoms with Crippen LogP contribution in [-0.2, 0) is 6.54 Å². The molecule has 0 saturated heterocycles. The summed E-state index contributed by atoms with van der Waals surface area (Å²) in [5, 5.41) is 16.5. The average molecular weight is 288 g/mol. The van der Waals surface area contributed by atoms with Gasteiger partial charge in [-0.3, -0.25) is 4.79 Å². The highest BCUT2D eigenvalue weighted by Crippen LogP contribution is 2.17. The maximum Gasteiger partial charge on any atom is 0.321 e. The summed E-state index contributed by atoms with van der Waals surface area (Å²) in [4.78, 5) is 24.6. The number of carbonyl (C=O) groups is 1. The Hall–Kier alpha value is -2.67. The van der Waals surface area contributed by atoms with Crippen molar-refractivity contribution >= 4 is 17.4 Å². The fourth-order valence-corrected chi connectivity index (χ4v) is 1.87. The summed E-state index contributed by atoms with van der Waals surface area (Å²) >= 11 is 0. The molecule has 0 spiro atoms. The van der Waals surface area contributed by atoms with E-state index < -0.39 is 10.8 Å². The molecule has 21 heavy (non-hydrogen) atoms. The van der Waals surface area contributed by atoms with Crippen LogP contribution in [-0.4, -0.2) is 22.4 Å². The molecule has 7 heteroatoms. The minimum atomic E-state index is -0.574. The largest absolute Gasteiger partial charge is 0.358 e. The molecule has 0 aliphatic carbocycles. The topological polar surface area (TPSA) is 100 Å². The van der Waals surface area contributed by atoms with E-state index in [4.69, 9.17) is 0 Å². The molecule has 0 aliphatic heterocycles. The van der Waals surface area contributed by atoms with E-state index in [2.05, 4.69) is 15.6 Å². The highest BCUT2D eigenvalue weighted by molar-refractivity contribution is 6.03. The van der Waals surface area contributed by atoms with E-state index in [0.717, 1.165) is 12.1 Å². The molecule has 1 heterocycles. The Morgan fingerprint density at radius 2 is 2.05 bits per heavy atom. The van der Waals surface area contributed by atoms with Gasteiger partial charge in [0.1, 0.15) is 0 Å². The van der Waals surface area contributed by atoms with Crippen molar-refractivity contribution in [3.05, 3.63) is 57.8 Å². The van der Waals surface area contributed by atoms with E-state index >= 15 is 0 Å². The second kappa shape index (κ2) is 6.67. The van der Waals surface area contributed by atoms with Crippen LogP contribution in [0.2, 0.25) is 0 Å². The molecular formula is C14H16N4O3. The van der Waals surface area contributed by atoms with Crippen molar-refractivity contribution in [3.63, 3.8) is 0 Å². The van der Waals surface area contributed by atoms with Crippen LogP contribution in [0.1, 0.15) is 23.0 Å². The molecule has 7 nitrogen and oxygen atoms in total. The van der Waals surface area contributed by atoms with Gasteiger partial charge in [-0.1, -0.05) is 25.1 Å². The average Bonchev–Trinajstić information content (AvgIpc) is 2.96. The summed E-state index contributed by atoms with van der Waals surface area (Å²) in [6.45, 7) is 3.46. The lowest BCUT2D eigenvalue weighted by Gasteiger charge is -2.10. The van der Waals surface area contributed by atoms with Gasteiger partial charge in [0.25, 0.3) is 5.91 Å². The molecule has 0 bridgehead atoms. The van der Waals surface area contributed by atoms with Crippen molar-refractivity contribution in [3.8, 4) is 0 Å². The number of nitrogens with one attached hydrogen (secondary N) is 3. The highest BCUT2D eigenvalue weighted by atomic mass is 16.6. The number of H-pyrrole nitrogens is 1. The van der Waals surface area contributed by atoms with Gasteiger partial charge in [0, 0.05) is 18.3 Å². The van der Waals surface area contributed by atoms with Crippen molar-refractivity contribution in [1.82, 2.24) is 10.3 Å². The van der Waals surface area contributed by atoms with Crippen LogP contribution in [0.3, 0.4) is 0 Å². The van der Waals surface area contributed by atoms with Crippen LogP contribution in [0, 0.1) is 10.1 Å². The number of rotatable bonds is 6. The van der Waals surface area contributed by atoms with Crippen molar-refractivity contribution < 1.29 is 9.72 Å². The smallest absolute Gasteiger partial charge is 0.321 e.